The van der Waals surface area contributed by atoms with Crippen molar-refractivity contribution in [2.45, 2.75) is 26.2 Å². The third-order valence-electron chi connectivity index (χ3n) is 3.75. The molecule has 6 heteroatoms. The maximum absolute atomic E-state index is 12.0. The summed E-state index contributed by atoms with van der Waals surface area (Å²) in [5.74, 6) is 0.0186. The number of amides is 2. The van der Waals surface area contributed by atoms with Gasteiger partial charge in [0.25, 0.3) is 5.91 Å². The molecule has 6 nitrogen and oxygen atoms in total. The van der Waals surface area contributed by atoms with Crippen molar-refractivity contribution in [2.24, 2.45) is 11.8 Å². The SMILES string of the molecule is CC1CC(C(=O)NCCNC(=O)c2ccco2)CCC1=O. The van der Waals surface area contributed by atoms with Gasteiger partial charge in [0.1, 0.15) is 5.78 Å². The number of hydrogen-bond donors (Lipinski definition) is 2. The van der Waals surface area contributed by atoms with Gasteiger partial charge in [-0.2, -0.15) is 0 Å². The Morgan fingerprint density at radius 2 is 2.10 bits per heavy atom. The molecule has 0 aliphatic heterocycles. The molecule has 2 rings (SSSR count). The maximum atomic E-state index is 12.0. The zero-order valence-electron chi connectivity index (χ0n) is 12.1. The second-order valence-electron chi connectivity index (χ2n) is 5.36. The minimum Gasteiger partial charge on any atom is -0.459 e. The molecule has 1 aromatic rings. The monoisotopic (exact) mass is 292 g/mol. The van der Waals surface area contributed by atoms with Crippen LogP contribution in [0.5, 0.6) is 0 Å². The minimum absolute atomic E-state index is 0.0341. The van der Waals surface area contributed by atoms with Crippen LogP contribution in [0, 0.1) is 11.8 Å². The van der Waals surface area contributed by atoms with E-state index in [1.165, 1.54) is 6.26 Å². The molecule has 2 unspecified atom stereocenters. The number of nitrogens with one attached hydrogen (secondary N) is 2. The molecule has 0 aromatic carbocycles. The van der Waals surface area contributed by atoms with Gasteiger partial charge in [0.2, 0.25) is 5.91 Å². The summed E-state index contributed by atoms with van der Waals surface area (Å²) in [6.45, 7) is 2.57. The highest BCUT2D eigenvalue weighted by molar-refractivity contribution is 5.91. The second kappa shape index (κ2) is 7.06. The van der Waals surface area contributed by atoms with Gasteiger partial charge < -0.3 is 15.1 Å². The molecule has 1 saturated carbocycles. The van der Waals surface area contributed by atoms with E-state index in [1.54, 1.807) is 12.1 Å². The average molecular weight is 292 g/mol. The normalized spacial score (nSPS) is 21.9. The van der Waals surface area contributed by atoms with Gasteiger partial charge in [-0.05, 0) is 25.0 Å². The van der Waals surface area contributed by atoms with E-state index in [9.17, 15) is 14.4 Å². The molecule has 0 radical (unpaired) electrons. The molecule has 1 aliphatic carbocycles. The summed E-state index contributed by atoms with van der Waals surface area (Å²) >= 11 is 0. The van der Waals surface area contributed by atoms with Gasteiger partial charge >= 0.3 is 0 Å². The molecule has 114 valence electrons. The molecule has 1 heterocycles. The van der Waals surface area contributed by atoms with E-state index in [4.69, 9.17) is 4.42 Å². The first-order valence-corrected chi connectivity index (χ1v) is 7.20. The molecular weight excluding hydrogens is 272 g/mol. The fraction of sp³-hybridized carbons (Fsp3) is 0.533. The summed E-state index contributed by atoms with van der Waals surface area (Å²) in [7, 11) is 0. The quantitative estimate of drug-likeness (QED) is 0.796. The largest absolute Gasteiger partial charge is 0.459 e. The third-order valence-corrected chi connectivity index (χ3v) is 3.75. The highest BCUT2D eigenvalue weighted by Gasteiger charge is 2.29. The van der Waals surface area contributed by atoms with Gasteiger partial charge in [0.15, 0.2) is 5.76 Å². The Kier molecular flexibility index (Phi) is 5.14. The molecule has 2 N–H and O–H groups in total. The molecule has 1 fully saturated rings. The number of ketones is 1. The maximum Gasteiger partial charge on any atom is 0.287 e. The van der Waals surface area contributed by atoms with E-state index >= 15 is 0 Å². The highest BCUT2D eigenvalue weighted by Crippen LogP contribution is 2.26. The van der Waals surface area contributed by atoms with Gasteiger partial charge in [0.05, 0.1) is 6.26 Å². The van der Waals surface area contributed by atoms with Crippen LogP contribution in [0.25, 0.3) is 0 Å². The van der Waals surface area contributed by atoms with Crippen molar-refractivity contribution in [1.82, 2.24) is 10.6 Å². The summed E-state index contributed by atoms with van der Waals surface area (Å²) in [4.78, 5) is 35.0. The van der Waals surface area contributed by atoms with Crippen LogP contribution < -0.4 is 10.6 Å². The lowest BCUT2D eigenvalue weighted by Gasteiger charge is -2.24. The first kappa shape index (κ1) is 15.3. The van der Waals surface area contributed by atoms with Gasteiger partial charge in [-0.3, -0.25) is 14.4 Å². The fourth-order valence-corrected chi connectivity index (χ4v) is 2.48. The Morgan fingerprint density at radius 1 is 1.33 bits per heavy atom. The predicted octanol–water partition coefficient (Wildman–Crippen LogP) is 1.13. The number of hydrogen-bond acceptors (Lipinski definition) is 4. The Bertz CT molecular complexity index is 510. The first-order valence-electron chi connectivity index (χ1n) is 7.20. The second-order valence-corrected chi connectivity index (χ2v) is 5.36. The van der Waals surface area contributed by atoms with Gasteiger partial charge in [-0.15, -0.1) is 0 Å². The zero-order valence-corrected chi connectivity index (χ0v) is 12.1. The average Bonchev–Trinajstić information content (AvgIpc) is 3.00. The van der Waals surface area contributed by atoms with Crippen molar-refractivity contribution in [3.8, 4) is 0 Å². The molecule has 1 aromatic heterocycles. The van der Waals surface area contributed by atoms with Crippen molar-refractivity contribution in [2.75, 3.05) is 13.1 Å². The van der Waals surface area contributed by atoms with Crippen LogP contribution in [-0.2, 0) is 9.59 Å². The van der Waals surface area contributed by atoms with Crippen LogP contribution in [0.1, 0.15) is 36.7 Å². The molecule has 0 saturated heterocycles. The van der Waals surface area contributed by atoms with Crippen molar-refractivity contribution in [3.05, 3.63) is 24.2 Å². The summed E-state index contributed by atoms with van der Waals surface area (Å²) in [6, 6.07) is 3.22. The van der Waals surface area contributed by atoms with Gasteiger partial charge in [0, 0.05) is 31.3 Å². The molecule has 0 spiro atoms. The molecule has 2 amide bonds. The van der Waals surface area contributed by atoms with E-state index in [-0.39, 0.29) is 35.2 Å². The third kappa shape index (κ3) is 4.18. The van der Waals surface area contributed by atoms with Crippen LogP contribution in [0.3, 0.4) is 0 Å². The summed E-state index contributed by atoms with van der Waals surface area (Å²) in [5.41, 5.74) is 0. The van der Waals surface area contributed by atoms with Crippen molar-refractivity contribution < 1.29 is 18.8 Å². The highest BCUT2D eigenvalue weighted by atomic mass is 16.3. The van der Waals surface area contributed by atoms with Crippen LogP contribution in [0.2, 0.25) is 0 Å². The number of furan rings is 1. The number of rotatable bonds is 5. The molecular formula is C15H20N2O4. The Morgan fingerprint density at radius 3 is 2.76 bits per heavy atom. The van der Waals surface area contributed by atoms with Crippen molar-refractivity contribution in [3.63, 3.8) is 0 Å². The molecule has 1 aliphatic rings. The smallest absolute Gasteiger partial charge is 0.287 e. The fourth-order valence-electron chi connectivity index (χ4n) is 2.48. The van der Waals surface area contributed by atoms with E-state index in [1.807, 2.05) is 6.92 Å². The lowest BCUT2D eigenvalue weighted by Crippen LogP contribution is -2.39. The van der Waals surface area contributed by atoms with Crippen LogP contribution >= 0.6 is 0 Å². The Hall–Kier alpha value is -2.11. The van der Waals surface area contributed by atoms with E-state index < -0.39 is 0 Å². The molecule has 21 heavy (non-hydrogen) atoms. The van der Waals surface area contributed by atoms with Gasteiger partial charge in [-0.1, -0.05) is 6.92 Å². The minimum atomic E-state index is -0.300. The standard InChI is InChI=1S/C15H20N2O4/c1-10-9-11(4-5-12(10)18)14(19)16-6-7-17-15(20)13-3-2-8-21-13/h2-3,8,10-11H,4-7,9H2,1H3,(H,16,19)(H,17,20). The lowest BCUT2D eigenvalue weighted by molar-refractivity contribution is -0.130. The summed E-state index contributed by atoms with van der Waals surface area (Å²) in [6.07, 6.45) is 3.15. The summed E-state index contributed by atoms with van der Waals surface area (Å²) in [5, 5.41) is 5.45. The number of Topliss-reactive ketones (excluding diaryl/α,β-unsaturated/α-hetero) is 1. The predicted molar refractivity (Wildman–Crippen MR) is 75.6 cm³/mol. The van der Waals surface area contributed by atoms with Crippen LogP contribution in [-0.4, -0.2) is 30.7 Å². The van der Waals surface area contributed by atoms with E-state index in [0.717, 1.165) is 0 Å². The first-order chi connectivity index (χ1) is 10.1. The van der Waals surface area contributed by atoms with Crippen LogP contribution in [0.4, 0.5) is 0 Å². The van der Waals surface area contributed by atoms with Gasteiger partial charge in [-0.25, -0.2) is 0 Å². The topological polar surface area (TPSA) is 88.4 Å². The molecule has 2 atom stereocenters. The lowest BCUT2D eigenvalue weighted by atomic mass is 9.81. The van der Waals surface area contributed by atoms with E-state index in [2.05, 4.69) is 10.6 Å². The van der Waals surface area contributed by atoms with Crippen molar-refractivity contribution in [1.29, 1.82) is 0 Å². The zero-order chi connectivity index (χ0) is 15.2. The number of carbonyl (C=O) groups excluding carboxylic acids is 3. The Balaban J connectivity index is 1.65. The Labute approximate surface area is 123 Å². The van der Waals surface area contributed by atoms with Crippen molar-refractivity contribution >= 4 is 17.6 Å². The van der Waals surface area contributed by atoms with Crippen LogP contribution in [0.15, 0.2) is 22.8 Å². The number of carbonyl (C=O) groups is 3. The van der Waals surface area contributed by atoms with E-state index in [0.29, 0.717) is 32.4 Å². The molecule has 0 bridgehead atoms. The summed E-state index contributed by atoms with van der Waals surface area (Å²) < 4.78 is 4.96.